The number of rotatable bonds is 4. The highest BCUT2D eigenvalue weighted by Crippen LogP contribution is 2.36. The highest BCUT2D eigenvalue weighted by atomic mass is 15.2. The zero-order valence-corrected chi connectivity index (χ0v) is 10.9. The molecule has 1 aromatic rings. The summed E-state index contributed by atoms with van der Waals surface area (Å²) >= 11 is 0. The summed E-state index contributed by atoms with van der Waals surface area (Å²) in [6.45, 7) is 0. The first-order chi connectivity index (χ1) is 8.15. The van der Waals surface area contributed by atoms with Crippen LogP contribution in [0.25, 0.3) is 0 Å². The third kappa shape index (κ3) is 2.50. The molecule has 1 aliphatic rings. The van der Waals surface area contributed by atoms with Crippen molar-refractivity contribution in [2.45, 2.75) is 43.7 Å². The van der Waals surface area contributed by atoms with Gasteiger partial charge in [0.15, 0.2) is 0 Å². The molecule has 0 spiro atoms. The molecule has 17 heavy (non-hydrogen) atoms. The predicted octanol–water partition coefficient (Wildman–Crippen LogP) is 1.83. The van der Waals surface area contributed by atoms with Gasteiger partial charge in [-0.2, -0.15) is 0 Å². The molecule has 1 atom stereocenters. The van der Waals surface area contributed by atoms with Crippen LogP contribution < -0.4 is 5.73 Å². The van der Waals surface area contributed by atoms with Gasteiger partial charge in [-0.05, 0) is 45.0 Å². The predicted molar refractivity (Wildman–Crippen MR) is 70.8 cm³/mol. The van der Waals surface area contributed by atoms with Gasteiger partial charge in [0.1, 0.15) is 0 Å². The quantitative estimate of drug-likeness (QED) is 0.862. The van der Waals surface area contributed by atoms with Crippen molar-refractivity contribution in [1.29, 1.82) is 0 Å². The van der Waals surface area contributed by atoms with E-state index in [1.54, 1.807) is 0 Å². The van der Waals surface area contributed by atoms with Gasteiger partial charge in [0.05, 0.1) is 0 Å². The van der Waals surface area contributed by atoms with E-state index in [-0.39, 0.29) is 11.6 Å². The van der Waals surface area contributed by atoms with Crippen LogP contribution in [0.2, 0.25) is 0 Å². The third-order valence-corrected chi connectivity index (χ3v) is 4.23. The molecule has 1 saturated carbocycles. The van der Waals surface area contributed by atoms with Gasteiger partial charge in [0.2, 0.25) is 0 Å². The first kappa shape index (κ1) is 12.5. The van der Waals surface area contributed by atoms with Gasteiger partial charge < -0.3 is 10.6 Å². The fraction of sp³-hybridized carbons (Fsp3) is 0.643. The summed E-state index contributed by atoms with van der Waals surface area (Å²) in [6, 6.07) is 4.30. The summed E-state index contributed by atoms with van der Waals surface area (Å²) in [5.41, 5.74) is 7.91. The molecule has 1 heterocycles. The Hall–Kier alpha value is -0.930. The number of nitrogens with zero attached hydrogens (tertiary/aromatic N) is 2. The molecule has 0 amide bonds. The van der Waals surface area contributed by atoms with Crippen molar-refractivity contribution in [3.05, 3.63) is 30.1 Å². The van der Waals surface area contributed by atoms with Crippen LogP contribution in [0.1, 0.15) is 31.2 Å². The fourth-order valence-electron chi connectivity index (χ4n) is 3.10. The molecule has 1 unspecified atom stereocenters. The van der Waals surface area contributed by atoms with Gasteiger partial charge in [0, 0.05) is 24.0 Å². The minimum absolute atomic E-state index is 0.190. The van der Waals surface area contributed by atoms with Gasteiger partial charge in [0.25, 0.3) is 0 Å². The Kier molecular flexibility index (Phi) is 3.79. The number of pyridine rings is 1. The summed E-state index contributed by atoms with van der Waals surface area (Å²) in [4.78, 5) is 6.50. The van der Waals surface area contributed by atoms with Crippen LogP contribution in [0.4, 0.5) is 0 Å². The van der Waals surface area contributed by atoms with Crippen molar-refractivity contribution in [2.75, 3.05) is 14.1 Å². The average Bonchev–Trinajstić information content (AvgIpc) is 2.80. The van der Waals surface area contributed by atoms with Gasteiger partial charge in [-0.1, -0.05) is 18.9 Å². The Labute approximate surface area is 104 Å². The van der Waals surface area contributed by atoms with Gasteiger partial charge in [-0.25, -0.2) is 0 Å². The summed E-state index contributed by atoms with van der Waals surface area (Å²) < 4.78 is 0. The van der Waals surface area contributed by atoms with Crippen LogP contribution in [0.15, 0.2) is 24.5 Å². The Balaban J connectivity index is 2.10. The number of nitrogens with two attached hydrogens (primary N) is 1. The van der Waals surface area contributed by atoms with E-state index in [2.05, 4.69) is 30.0 Å². The van der Waals surface area contributed by atoms with E-state index in [0.29, 0.717) is 0 Å². The first-order valence-electron chi connectivity index (χ1n) is 6.47. The van der Waals surface area contributed by atoms with Gasteiger partial charge in [-0.15, -0.1) is 0 Å². The fourth-order valence-corrected chi connectivity index (χ4v) is 3.10. The standard InChI is InChI=1S/C14H23N3/c1-17(2)14(7-3-4-8-14)13(15)10-12-6-5-9-16-11-12/h5-6,9,11,13H,3-4,7-8,10,15H2,1-2H3. The number of aromatic nitrogens is 1. The lowest BCUT2D eigenvalue weighted by atomic mass is 9.84. The Morgan fingerprint density at radius 2 is 2.12 bits per heavy atom. The molecule has 0 aromatic carbocycles. The van der Waals surface area contributed by atoms with E-state index in [4.69, 9.17) is 5.73 Å². The summed E-state index contributed by atoms with van der Waals surface area (Å²) in [5.74, 6) is 0. The van der Waals surface area contributed by atoms with Crippen molar-refractivity contribution < 1.29 is 0 Å². The molecular formula is C14H23N3. The van der Waals surface area contributed by atoms with Crippen molar-refractivity contribution >= 4 is 0 Å². The molecule has 0 aliphatic heterocycles. The van der Waals surface area contributed by atoms with Crippen LogP contribution >= 0.6 is 0 Å². The number of likely N-dealkylation sites (N-methyl/N-ethyl adjacent to an activating group) is 1. The van der Waals surface area contributed by atoms with E-state index < -0.39 is 0 Å². The van der Waals surface area contributed by atoms with Crippen molar-refractivity contribution in [3.63, 3.8) is 0 Å². The van der Waals surface area contributed by atoms with Crippen molar-refractivity contribution in [1.82, 2.24) is 9.88 Å². The van der Waals surface area contributed by atoms with Crippen LogP contribution in [0, 0.1) is 0 Å². The zero-order valence-electron chi connectivity index (χ0n) is 10.9. The van der Waals surface area contributed by atoms with E-state index in [9.17, 15) is 0 Å². The van der Waals surface area contributed by atoms with Gasteiger partial charge in [-0.3, -0.25) is 4.98 Å². The molecule has 0 bridgehead atoms. The molecule has 0 radical (unpaired) electrons. The zero-order chi connectivity index (χ0) is 12.3. The molecule has 3 heteroatoms. The maximum absolute atomic E-state index is 6.48. The van der Waals surface area contributed by atoms with E-state index in [1.165, 1.54) is 31.2 Å². The molecule has 94 valence electrons. The summed E-state index contributed by atoms with van der Waals surface area (Å²) in [7, 11) is 4.32. The van der Waals surface area contributed by atoms with E-state index in [1.807, 2.05) is 18.5 Å². The second kappa shape index (κ2) is 5.15. The number of hydrogen-bond acceptors (Lipinski definition) is 3. The lowest BCUT2D eigenvalue weighted by molar-refractivity contribution is 0.123. The molecular weight excluding hydrogens is 210 g/mol. The topological polar surface area (TPSA) is 42.1 Å². The van der Waals surface area contributed by atoms with Crippen LogP contribution in [-0.4, -0.2) is 35.6 Å². The van der Waals surface area contributed by atoms with Crippen molar-refractivity contribution in [2.24, 2.45) is 5.73 Å². The highest BCUT2D eigenvalue weighted by molar-refractivity contribution is 5.13. The van der Waals surface area contributed by atoms with Crippen molar-refractivity contribution in [3.8, 4) is 0 Å². The smallest absolute Gasteiger partial charge is 0.0357 e. The third-order valence-electron chi connectivity index (χ3n) is 4.23. The maximum atomic E-state index is 6.48. The monoisotopic (exact) mass is 233 g/mol. The molecule has 1 aromatic heterocycles. The number of hydrogen-bond donors (Lipinski definition) is 1. The molecule has 0 saturated heterocycles. The maximum Gasteiger partial charge on any atom is 0.0357 e. The largest absolute Gasteiger partial charge is 0.326 e. The molecule has 2 N–H and O–H groups in total. The second-order valence-electron chi connectivity index (χ2n) is 5.38. The normalized spacial score (nSPS) is 20.7. The van der Waals surface area contributed by atoms with E-state index >= 15 is 0 Å². The van der Waals surface area contributed by atoms with Gasteiger partial charge >= 0.3 is 0 Å². The van der Waals surface area contributed by atoms with Crippen LogP contribution in [0.5, 0.6) is 0 Å². The highest BCUT2D eigenvalue weighted by Gasteiger charge is 2.41. The molecule has 3 nitrogen and oxygen atoms in total. The Morgan fingerprint density at radius 3 is 2.65 bits per heavy atom. The van der Waals surface area contributed by atoms with E-state index in [0.717, 1.165) is 6.42 Å². The molecule has 1 aliphatic carbocycles. The van der Waals surface area contributed by atoms with Crippen LogP contribution in [-0.2, 0) is 6.42 Å². The Bertz CT molecular complexity index is 342. The summed E-state index contributed by atoms with van der Waals surface area (Å²) in [6.07, 6.45) is 9.72. The average molecular weight is 233 g/mol. The summed E-state index contributed by atoms with van der Waals surface area (Å²) in [5, 5.41) is 0. The Morgan fingerprint density at radius 1 is 1.41 bits per heavy atom. The molecule has 2 rings (SSSR count). The minimum atomic E-state index is 0.190. The van der Waals surface area contributed by atoms with Crippen LogP contribution in [0.3, 0.4) is 0 Å². The first-order valence-corrected chi connectivity index (χ1v) is 6.47. The minimum Gasteiger partial charge on any atom is -0.326 e. The molecule has 1 fully saturated rings. The lowest BCUT2D eigenvalue weighted by Gasteiger charge is -2.41. The SMILES string of the molecule is CN(C)C1(C(N)Cc2cccnc2)CCCC1. The lowest BCUT2D eigenvalue weighted by Crippen LogP contribution is -2.56. The second-order valence-corrected chi connectivity index (χ2v) is 5.38.